The van der Waals surface area contributed by atoms with E-state index in [2.05, 4.69) is 31.8 Å². The van der Waals surface area contributed by atoms with E-state index in [1.54, 1.807) is 0 Å². The van der Waals surface area contributed by atoms with E-state index >= 15 is 0 Å². The number of hydrogen-bond acceptors (Lipinski definition) is 1. The summed E-state index contributed by atoms with van der Waals surface area (Å²) in [4.78, 5) is 0. The Bertz CT molecular complexity index is 276. The number of aliphatic hydroxyl groups excluding tert-OH is 1. The van der Waals surface area contributed by atoms with Crippen LogP contribution in [0.2, 0.25) is 19.6 Å². The van der Waals surface area contributed by atoms with Crippen molar-refractivity contribution in [1.29, 1.82) is 0 Å². The Morgan fingerprint density at radius 3 is 2.31 bits per heavy atom. The van der Waals surface area contributed by atoms with E-state index in [9.17, 15) is 0 Å². The van der Waals surface area contributed by atoms with Crippen molar-refractivity contribution in [2.45, 2.75) is 32.3 Å². The maximum absolute atomic E-state index is 8.97. The third-order valence-electron chi connectivity index (χ3n) is 1.91. The normalized spacial score (nSPS) is 11.7. The van der Waals surface area contributed by atoms with Crippen LogP contribution in [0.5, 0.6) is 0 Å². The van der Waals surface area contributed by atoms with E-state index in [1.807, 2.05) is 12.1 Å². The topological polar surface area (TPSA) is 20.2 Å². The fourth-order valence-electron chi connectivity index (χ4n) is 1.45. The van der Waals surface area contributed by atoms with Gasteiger partial charge in [0.15, 0.2) is 0 Å². The predicted molar refractivity (Wildman–Crippen MR) is 59.4 cm³/mol. The van der Waals surface area contributed by atoms with Crippen molar-refractivity contribution >= 4 is 8.07 Å². The van der Waals surface area contributed by atoms with E-state index in [-0.39, 0.29) is 6.61 Å². The van der Waals surface area contributed by atoms with Crippen molar-refractivity contribution in [3.8, 4) is 0 Å². The first-order chi connectivity index (χ1) is 6.01. The van der Waals surface area contributed by atoms with Gasteiger partial charge >= 0.3 is 0 Å². The van der Waals surface area contributed by atoms with Crippen LogP contribution in [-0.2, 0) is 12.7 Å². The van der Waals surface area contributed by atoms with Crippen LogP contribution in [0.1, 0.15) is 11.1 Å². The Hall–Kier alpha value is -0.603. The molecule has 0 radical (unpaired) electrons. The molecule has 0 fully saturated rings. The smallest absolute Gasteiger partial charge is 0.0681 e. The Morgan fingerprint density at radius 2 is 1.77 bits per heavy atom. The molecule has 0 aromatic heterocycles. The molecule has 13 heavy (non-hydrogen) atoms. The third-order valence-corrected chi connectivity index (χ3v) is 3.38. The highest BCUT2D eigenvalue weighted by molar-refractivity contribution is 6.75. The average molecular weight is 194 g/mol. The molecule has 0 aliphatic heterocycles. The van der Waals surface area contributed by atoms with E-state index < -0.39 is 8.07 Å². The van der Waals surface area contributed by atoms with Gasteiger partial charge in [-0.3, -0.25) is 0 Å². The maximum Gasteiger partial charge on any atom is 0.0681 e. The lowest BCUT2D eigenvalue weighted by atomic mass is 10.1. The summed E-state index contributed by atoms with van der Waals surface area (Å²) in [7, 11) is -1.02. The molecule has 1 rings (SSSR count). The lowest BCUT2D eigenvalue weighted by Crippen LogP contribution is -2.23. The summed E-state index contributed by atoms with van der Waals surface area (Å²) in [5.74, 6) is 0. The van der Waals surface area contributed by atoms with Crippen molar-refractivity contribution in [3.63, 3.8) is 0 Å². The fraction of sp³-hybridized carbons (Fsp3) is 0.455. The van der Waals surface area contributed by atoms with Gasteiger partial charge in [0.2, 0.25) is 0 Å². The largest absolute Gasteiger partial charge is 0.392 e. The summed E-state index contributed by atoms with van der Waals surface area (Å²) < 4.78 is 0. The zero-order valence-corrected chi connectivity index (χ0v) is 9.67. The standard InChI is InChI=1S/C11H18OSi/c1-13(2,3)9-11-6-4-5-10(7-11)8-12/h4-7,12H,8-9H2,1-3H3. The van der Waals surface area contributed by atoms with Gasteiger partial charge < -0.3 is 5.11 Å². The minimum absolute atomic E-state index is 0.152. The Balaban J connectivity index is 2.78. The van der Waals surface area contributed by atoms with Crippen molar-refractivity contribution in [2.75, 3.05) is 0 Å². The minimum atomic E-state index is -1.02. The Morgan fingerprint density at radius 1 is 1.15 bits per heavy atom. The van der Waals surface area contributed by atoms with E-state index in [0.717, 1.165) is 5.56 Å². The molecular weight excluding hydrogens is 176 g/mol. The molecule has 0 spiro atoms. The molecule has 0 saturated heterocycles. The quantitative estimate of drug-likeness (QED) is 0.733. The van der Waals surface area contributed by atoms with Gasteiger partial charge in [0.1, 0.15) is 0 Å². The first kappa shape index (κ1) is 10.5. The van der Waals surface area contributed by atoms with E-state index in [1.165, 1.54) is 11.6 Å². The number of hydrogen-bond donors (Lipinski definition) is 1. The molecule has 0 aliphatic rings. The minimum Gasteiger partial charge on any atom is -0.392 e. The number of rotatable bonds is 3. The molecule has 1 nitrogen and oxygen atoms in total. The van der Waals surface area contributed by atoms with E-state index in [0.29, 0.717) is 0 Å². The molecule has 0 atom stereocenters. The summed E-state index contributed by atoms with van der Waals surface area (Å²) in [6.07, 6.45) is 0. The molecule has 1 N–H and O–H groups in total. The lowest BCUT2D eigenvalue weighted by Gasteiger charge is -2.15. The Kier molecular flexibility index (Phi) is 3.28. The summed E-state index contributed by atoms with van der Waals surface area (Å²) in [5.41, 5.74) is 2.39. The molecule has 2 heteroatoms. The number of benzene rings is 1. The SMILES string of the molecule is C[Si](C)(C)Cc1cccc(CO)c1. The average Bonchev–Trinajstić information content (AvgIpc) is 2.01. The zero-order valence-electron chi connectivity index (χ0n) is 8.67. The molecule has 72 valence electrons. The highest BCUT2D eigenvalue weighted by Crippen LogP contribution is 2.13. The van der Waals surface area contributed by atoms with Crippen LogP contribution >= 0.6 is 0 Å². The van der Waals surface area contributed by atoms with Crippen molar-refractivity contribution in [3.05, 3.63) is 35.4 Å². The summed E-state index contributed by atoms with van der Waals surface area (Å²) in [5, 5.41) is 8.97. The van der Waals surface area contributed by atoms with Gasteiger partial charge in [-0.1, -0.05) is 49.5 Å². The molecular formula is C11H18OSi. The Labute approximate surface area is 81.4 Å². The molecule has 0 bridgehead atoms. The molecule has 1 aromatic rings. The van der Waals surface area contributed by atoms with Crippen molar-refractivity contribution in [1.82, 2.24) is 0 Å². The first-order valence-electron chi connectivity index (χ1n) is 4.70. The maximum atomic E-state index is 8.97. The van der Waals surface area contributed by atoms with Gasteiger partial charge in [0.05, 0.1) is 6.61 Å². The van der Waals surface area contributed by atoms with Gasteiger partial charge in [-0.25, -0.2) is 0 Å². The molecule has 0 amide bonds. The molecule has 0 heterocycles. The number of aliphatic hydroxyl groups is 1. The third kappa shape index (κ3) is 3.74. The van der Waals surface area contributed by atoms with Gasteiger partial charge in [-0.15, -0.1) is 0 Å². The van der Waals surface area contributed by atoms with Crippen LogP contribution in [0.3, 0.4) is 0 Å². The van der Waals surface area contributed by atoms with Gasteiger partial charge in [0, 0.05) is 8.07 Å². The zero-order chi connectivity index (χ0) is 9.90. The lowest BCUT2D eigenvalue weighted by molar-refractivity contribution is 0.282. The second kappa shape index (κ2) is 4.07. The molecule has 1 aromatic carbocycles. The summed E-state index contributed by atoms with van der Waals surface area (Å²) in [6, 6.07) is 9.45. The van der Waals surface area contributed by atoms with Crippen LogP contribution in [-0.4, -0.2) is 13.2 Å². The van der Waals surface area contributed by atoms with Gasteiger partial charge in [0.25, 0.3) is 0 Å². The molecule has 0 aliphatic carbocycles. The molecule has 0 saturated carbocycles. The first-order valence-corrected chi connectivity index (χ1v) is 8.41. The van der Waals surface area contributed by atoms with Crippen molar-refractivity contribution < 1.29 is 5.11 Å². The van der Waals surface area contributed by atoms with Crippen LogP contribution < -0.4 is 0 Å². The second-order valence-corrected chi connectivity index (χ2v) is 10.2. The van der Waals surface area contributed by atoms with Crippen LogP contribution in [0.15, 0.2) is 24.3 Å². The highest BCUT2D eigenvalue weighted by Gasteiger charge is 2.13. The second-order valence-electron chi connectivity index (χ2n) is 4.72. The highest BCUT2D eigenvalue weighted by atomic mass is 28.3. The van der Waals surface area contributed by atoms with Crippen LogP contribution in [0.4, 0.5) is 0 Å². The summed E-state index contributed by atoms with van der Waals surface area (Å²) in [6.45, 7) is 7.23. The van der Waals surface area contributed by atoms with E-state index in [4.69, 9.17) is 5.11 Å². The monoisotopic (exact) mass is 194 g/mol. The van der Waals surface area contributed by atoms with Crippen LogP contribution in [0, 0.1) is 0 Å². The predicted octanol–water partition coefficient (Wildman–Crippen LogP) is 2.60. The van der Waals surface area contributed by atoms with Gasteiger partial charge in [-0.05, 0) is 11.6 Å². The van der Waals surface area contributed by atoms with Crippen LogP contribution in [0.25, 0.3) is 0 Å². The summed E-state index contributed by atoms with van der Waals surface area (Å²) >= 11 is 0. The van der Waals surface area contributed by atoms with Gasteiger partial charge in [-0.2, -0.15) is 0 Å². The van der Waals surface area contributed by atoms with Crippen molar-refractivity contribution in [2.24, 2.45) is 0 Å². The molecule has 0 unspecified atom stereocenters. The fourth-order valence-corrected chi connectivity index (χ4v) is 2.89.